The molecule has 4 atom stereocenters. The molecule has 2 fully saturated rings. The normalized spacial score (nSPS) is 29.9. The van der Waals surface area contributed by atoms with Crippen LogP contribution in [0.3, 0.4) is 0 Å². The van der Waals surface area contributed by atoms with Gasteiger partial charge >= 0.3 is 0 Å². The van der Waals surface area contributed by atoms with E-state index in [1.807, 2.05) is 12.1 Å². The van der Waals surface area contributed by atoms with Crippen LogP contribution in [0.5, 0.6) is 0 Å². The molecule has 2 aliphatic carbocycles. The lowest BCUT2D eigenvalue weighted by atomic mass is 9.84. The second-order valence-corrected chi connectivity index (χ2v) is 6.67. The quantitative estimate of drug-likeness (QED) is 0.861. The first-order chi connectivity index (χ1) is 9.74. The maximum Gasteiger partial charge on any atom is 0.198 e. The molecule has 5 heteroatoms. The molecule has 20 heavy (non-hydrogen) atoms. The highest BCUT2D eigenvalue weighted by molar-refractivity contribution is 7.71. The van der Waals surface area contributed by atoms with E-state index in [9.17, 15) is 0 Å². The lowest BCUT2D eigenvalue weighted by Crippen LogP contribution is -2.22. The van der Waals surface area contributed by atoms with Crippen molar-refractivity contribution in [2.75, 3.05) is 0 Å². The van der Waals surface area contributed by atoms with Crippen LogP contribution in [0.15, 0.2) is 22.8 Å². The van der Waals surface area contributed by atoms with Gasteiger partial charge in [0.25, 0.3) is 0 Å². The van der Waals surface area contributed by atoms with Gasteiger partial charge in [0.15, 0.2) is 16.4 Å². The summed E-state index contributed by atoms with van der Waals surface area (Å²) in [5.74, 6) is 4.16. The van der Waals surface area contributed by atoms with Crippen molar-refractivity contribution in [3.05, 3.63) is 23.2 Å². The minimum Gasteiger partial charge on any atom is -0.461 e. The van der Waals surface area contributed by atoms with Gasteiger partial charge in [0.2, 0.25) is 0 Å². The van der Waals surface area contributed by atoms with E-state index in [1.165, 1.54) is 25.7 Å². The van der Waals surface area contributed by atoms with Gasteiger partial charge in [-0.25, -0.2) is 0 Å². The zero-order valence-corrected chi connectivity index (χ0v) is 12.4. The Morgan fingerprint density at radius 3 is 3.00 bits per heavy atom. The van der Waals surface area contributed by atoms with Gasteiger partial charge in [-0.3, -0.25) is 9.67 Å². The molecule has 2 aliphatic rings. The monoisotopic (exact) mass is 289 g/mol. The number of hydrogen-bond donors (Lipinski definition) is 1. The second-order valence-electron chi connectivity index (χ2n) is 6.28. The number of aromatic nitrogens is 3. The standard InChI is InChI=1S/C15H19N3OS/c1-9(12-8-10-4-5-11(12)7-10)18-14(16-17-15(18)20)13-3-2-6-19-13/h2-3,6,9-12H,4-5,7-8H2,1H3,(H,17,20)/t9-,10-,11-,12-/m0/s1. The summed E-state index contributed by atoms with van der Waals surface area (Å²) in [5, 5.41) is 7.29. The van der Waals surface area contributed by atoms with Crippen LogP contribution in [0.2, 0.25) is 0 Å². The molecule has 2 bridgehead atoms. The molecule has 0 aliphatic heterocycles. The van der Waals surface area contributed by atoms with Crippen molar-refractivity contribution in [1.82, 2.24) is 14.8 Å². The number of nitrogens with one attached hydrogen (secondary N) is 1. The smallest absolute Gasteiger partial charge is 0.198 e. The number of rotatable bonds is 3. The molecular formula is C15H19N3OS. The van der Waals surface area contributed by atoms with E-state index >= 15 is 0 Å². The minimum atomic E-state index is 0.386. The van der Waals surface area contributed by atoms with E-state index in [4.69, 9.17) is 16.6 Å². The van der Waals surface area contributed by atoms with Gasteiger partial charge in [-0.1, -0.05) is 6.42 Å². The van der Waals surface area contributed by atoms with Crippen molar-refractivity contribution in [2.24, 2.45) is 17.8 Å². The summed E-state index contributed by atoms with van der Waals surface area (Å²) in [6.45, 7) is 2.28. The largest absolute Gasteiger partial charge is 0.461 e. The average Bonchev–Trinajstić information content (AvgIpc) is 3.21. The molecule has 4 rings (SSSR count). The molecule has 2 aromatic heterocycles. The molecule has 0 spiro atoms. The van der Waals surface area contributed by atoms with E-state index < -0.39 is 0 Å². The molecule has 2 heterocycles. The third-order valence-corrected chi connectivity index (χ3v) is 5.55. The van der Waals surface area contributed by atoms with Crippen molar-refractivity contribution in [2.45, 2.75) is 38.6 Å². The lowest BCUT2D eigenvalue weighted by Gasteiger charge is -2.29. The highest BCUT2D eigenvalue weighted by Crippen LogP contribution is 2.52. The van der Waals surface area contributed by atoms with Crippen LogP contribution in [-0.2, 0) is 0 Å². The van der Waals surface area contributed by atoms with E-state index in [0.717, 1.165) is 29.3 Å². The van der Waals surface area contributed by atoms with Crippen molar-refractivity contribution >= 4 is 12.2 Å². The van der Waals surface area contributed by atoms with E-state index in [2.05, 4.69) is 21.7 Å². The maximum absolute atomic E-state index is 5.50. The van der Waals surface area contributed by atoms with Gasteiger partial charge in [0, 0.05) is 6.04 Å². The summed E-state index contributed by atoms with van der Waals surface area (Å²) in [5.41, 5.74) is 0. The number of fused-ring (bicyclic) bond motifs is 2. The van der Waals surface area contributed by atoms with Crippen molar-refractivity contribution in [1.29, 1.82) is 0 Å². The Bertz CT molecular complexity index is 657. The molecular weight excluding hydrogens is 270 g/mol. The molecule has 0 saturated heterocycles. The van der Waals surface area contributed by atoms with Gasteiger partial charge in [0.05, 0.1) is 6.26 Å². The van der Waals surface area contributed by atoms with Crippen LogP contribution in [0, 0.1) is 22.5 Å². The number of H-pyrrole nitrogens is 1. The van der Waals surface area contributed by atoms with Crippen molar-refractivity contribution in [3.63, 3.8) is 0 Å². The highest BCUT2D eigenvalue weighted by Gasteiger charge is 2.42. The van der Waals surface area contributed by atoms with Crippen molar-refractivity contribution < 1.29 is 4.42 Å². The topological polar surface area (TPSA) is 46.8 Å². The third-order valence-electron chi connectivity index (χ3n) is 5.27. The molecule has 1 N–H and O–H groups in total. The fourth-order valence-electron chi connectivity index (χ4n) is 4.34. The van der Waals surface area contributed by atoms with E-state index in [0.29, 0.717) is 10.8 Å². The van der Waals surface area contributed by atoms with E-state index in [-0.39, 0.29) is 0 Å². The van der Waals surface area contributed by atoms with E-state index in [1.54, 1.807) is 6.26 Å². The Morgan fingerprint density at radius 1 is 1.45 bits per heavy atom. The number of aromatic amines is 1. The lowest BCUT2D eigenvalue weighted by molar-refractivity contribution is 0.242. The van der Waals surface area contributed by atoms with Crippen LogP contribution in [-0.4, -0.2) is 14.8 Å². The number of hydrogen-bond acceptors (Lipinski definition) is 3. The zero-order chi connectivity index (χ0) is 13.7. The van der Waals surface area contributed by atoms with Crippen LogP contribution < -0.4 is 0 Å². The van der Waals surface area contributed by atoms with Crippen molar-refractivity contribution in [3.8, 4) is 11.6 Å². The Labute approximate surface area is 123 Å². The summed E-state index contributed by atoms with van der Waals surface area (Å²) < 4.78 is 8.35. The third kappa shape index (κ3) is 1.79. The van der Waals surface area contributed by atoms with Crippen LogP contribution >= 0.6 is 12.2 Å². The molecule has 0 amide bonds. The predicted molar refractivity (Wildman–Crippen MR) is 78.8 cm³/mol. The molecule has 106 valence electrons. The van der Waals surface area contributed by atoms with Gasteiger partial charge in [0.1, 0.15) is 0 Å². The molecule has 2 saturated carbocycles. The van der Waals surface area contributed by atoms with Crippen LogP contribution in [0.25, 0.3) is 11.6 Å². The first-order valence-corrected chi connectivity index (χ1v) is 7.85. The Kier molecular flexibility index (Phi) is 2.84. The zero-order valence-electron chi connectivity index (χ0n) is 11.6. The fourth-order valence-corrected chi connectivity index (χ4v) is 4.64. The fraction of sp³-hybridized carbons (Fsp3) is 0.600. The summed E-state index contributed by atoms with van der Waals surface area (Å²) in [6, 6.07) is 4.21. The number of furan rings is 1. The average molecular weight is 289 g/mol. The first kappa shape index (κ1) is 12.4. The van der Waals surface area contributed by atoms with Crippen LogP contribution in [0.1, 0.15) is 38.6 Å². The molecule has 4 nitrogen and oxygen atoms in total. The predicted octanol–water partition coefficient (Wildman–Crippen LogP) is 4.20. The van der Waals surface area contributed by atoms with Gasteiger partial charge in [-0.15, -0.1) is 0 Å². The number of nitrogens with zero attached hydrogens (tertiary/aromatic N) is 2. The summed E-state index contributed by atoms with van der Waals surface area (Å²) in [7, 11) is 0. The second kappa shape index (κ2) is 4.58. The Hall–Kier alpha value is -1.36. The molecule has 2 aromatic rings. The Balaban J connectivity index is 1.71. The maximum atomic E-state index is 5.50. The summed E-state index contributed by atoms with van der Waals surface area (Å²) in [6.07, 6.45) is 7.25. The van der Waals surface area contributed by atoms with Gasteiger partial charge < -0.3 is 4.42 Å². The molecule has 0 aromatic carbocycles. The molecule has 0 unspecified atom stereocenters. The minimum absolute atomic E-state index is 0.386. The van der Waals surface area contributed by atoms with Gasteiger partial charge in [-0.05, 0) is 68.3 Å². The molecule has 0 radical (unpaired) electrons. The summed E-state index contributed by atoms with van der Waals surface area (Å²) in [4.78, 5) is 0. The Morgan fingerprint density at radius 2 is 2.35 bits per heavy atom. The first-order valence-electron chi connectivity index (χ1n) is 7.45. The SMILES string of the molecule is C[C@@H]([C@@H]1C[C@H]2CC[C@H]1C2)n1c(-c2ccco2)n[nH]c1=S. The highest BCUT2D eigenvalue weighted by atomic mass is 32.1. The van der Waals surface area contributed by atoms with Crippen LogP contribution in [0.4, 0.5) is 0 Å². The summed E-state index contributed by atoms with van der Waals surface area (Å²) >= 11 is 5.45. The van der Waals surface area contributed by atoms with Gasteiger partial charge in [-0.2, -0.15) is 5.10 Å².